The van der Waals surface area contributed by atoms with Crippen molar-refractivity contribution in [3.05, 3.63) is 35.4 Å². The van der Waals surface area contributed by atoms with Crippen LogP contribution in [0, 0.1) is 0 Å². The van der Waals surface area contributed by atoms with E-state index in [1.807, 2.05) is 31.2 Å². The Morgan fingerprint density at radius 2 is 2.05 bits per heavy atom. The van der Waals surface area contributed by atoms with Gasteiger partial charge in [-0.2, -0.15) is 0 Å². The van der Waals surface area contributed by atoms with Crippen LogP contribution in [0.3, 0.4) is 0 Å². The third kappa shape index (κ3) is 5.66. The molecule has 0 radical (unpaired) electrons. The fourth-order valence-corrected chi connectivity index (χ4v) is 2.73. The minimum Gasteiger partial charge on any atom is -0.392 e. The SMILES string of the molecule is CCCCSC(C)C(=O)NCc1ccccc1CO. The van der Waals surface area contributed by atoms with E-state index < -0.39 is 0 Å². The molecule has 4 heteroatoms. The average molecular weight is 281 g/mol. The van der Waals surface area contributed by atoms with Gasteiger partial charge < -0.3 is 10.4 Å². The van der Waals surface area contributed by atoms with Crippen molar-refractivity contribution in [1.82, 2.24) is 5.32 Å². The Bertz CT molecular complexity index is 395. The first-order valence-corrected chi connectivity index (χ1v) is 7.80. The van der Waals surface area contributed by atoms with Crippen LogP contribution >= 0.6 is 11.8 Å². The molecule has 0 aromatic heterocycles. The average Bonchev–Trinajstić information content (AvgIpc) is 2.45. The third-order valence-electron chi connectivity index (χ3n) is 2.98. The molecule has 0 saturated carbocycles. The molecule has 2 N–H and O–H groups in total. The van der Waals surface area contributed by atoms with Gasteiger partial charge in [-0.15, -0.1) is 11.8 Å². The lowest BCUT2D eigenvalue weighted by molar-refractivity contribution is -0.120. The summed E-state index contributed by atoms with van der Waals surface area (Å²) < 4.78 is 0. The molecule has 0 fully saturated rings. The molecule has 1 amide bonds. The number of amides is 1. The van der Waals surface area contributed by atoms with Gasteiger partial charge in [0.05, 0.1) is 11.9 Å². The third-order valence-corrected chi connectivity index (χ3v) is 4.22. The molecule has 0 aliphatic heterocycles. The highest BCUT2D eigenvalue weighted by Gasteiger charge is 2.12. The fourth-order valence-electron chi connectivity index (χ4n) is 1.69. The molecule has 1 aromatic carbocycles. The summed E-state index contributed by atoms with van der Waals surface area (Å²) in [6, 6.07) is 7.61. The highest BCUT2D eigenvalue weighted by atomic mass is 32.2. The topological polar surface area (TPSA) is 49.3 Å². The molecule has 0 spiro atoms. The first-order chi connectivity index (χ1) is 9.19. The van der Waals surface area contributed by atoms with Crippen molar-refractivity contribution in [2.24, 2.45) is 0 Å². The Kier molecular flexibility index (Phi) is 7.60. The Balaban J connectivity index is 2.40. The number of rotatable bonds is 8. The van der Waals surface area contributed by atoms with Crippen LogP contribution in [0.15, 0.2) is 24.3 Å². The van der Waals surface area contributed by atoms with Crippen molar-refractivity contribution in [3.8, 4) is 0 Å². The number of thioether (sulfide) groups is 1. The van der Waals surface area contributed by atoms with Gasteiger partial charge in [0.25, 0.3) is 0 Å². The van der Waals surface area contributed by atoms with E-state index in [0.717, 1.165) is 29.7 Å². The standard InChI is InChI=1S/C15H23NO2S/c1-3-4-9-19-12(2)15(18)16-10-13-7-5-6-8-14(13)11-17/h5-8,12,17H,3-4,9-11H2,1-2H3,(H,16,18). The molecule has 0 saturated heterocycles. The number of benzene rings is 1. The molecule has 0 aliphatic carbocycles. The molecule has 1 atom stereocenters. The lowest BCUT2D eigenvalue weighted by atomic mass is 10.1. The molecular weight excluding hydrogens is 258 g/mol. The van der Waals surface area contributed by atoms with Crippen molar-refractivity contribution in [1.29, 1.82) is 0 Å². The largest absolute Gasteiger partial charge is 0.392 e. The van der Waals surface area contributed by atoms with E-state index in [0.29, 0.717) is 6.54 Å². The van der Waals surface area contributed by atoms with Crippen LogP contribution in [0.5, 0.6) is 0 Å². The summed E-state index contributed by atoms with van der Waals surface area (Å²) in [5.41, 5.74) is 1.85. The minimum absolute atomic E-state index is 0.00679. The van der Waals surface area contributed by atoms with Crippen molar-refractivity contribution < 1.29 is 9.90 Å². The van der Waals surface area contributed by atoms with Crippen LogP contribution in [-0.4, -0.2) is 22.0 Å². The maximum absolute atomic E-state index is 11.9. The number of aliphatic hydroxyl groups is 1. The van der Waals surface area contributed by atoms with Crippen LogP contribution in [0.4, 0.5) is 0 Å². The van der Waals surface area contributed by atoms with Crippen molar-refractivity contribution in [2.45, 2.75) is 45.1 Å². The summed E-state index contributed by atoms with van der Waals surface area (Å²) in [7, 11) is 0. The van der Waals surface area contributed by atoms with Gasteiger partial charge in [0, 0.05) is 6.54 Å². The molecule has 0 heterocycles. The zero-order valence-electron chi connectivity index (χ0n) is 11.7. The van der Waals surface area contributed by atoms with E-state index in [2.05, 4.69) is 12.2 Å². The van der Waals surface area contributed by atoms with Gasteiger partial charge in [0.1, 0.15) is 0 Å². The molecule has 0 aliphatic rings. The number of hydrogen-bond acceptors (Lipinski definition) is 3. The van der Waals surface area contributed by atoms with E-state index in [1.165, 1.54) is 0 Å². The predicted molar refractivity (Wildman–Crippen MR) is 81.0 cm³/mol. The van der Waals surface area contributed by atoms with Gasteiger partial charge in [0.2, 0.25) is 5.91 Å². The first-order valence-electron chi connectivity index (χ1n) is 6.76. The predicted octanol–water partition coefficient (Wildman–Crippen LogP) is 2.72. The maximum Gasteiger partial charge on any atom is 0.233 e. The van der Waals surface area contributed by atoms with Crippen LogP contribution in [-0.2, 0) is 17.9 Å². The second-order valence-electron chi connectivity index (χ2n) is 4.51. The molecule has 3 nitrogen and oxygen atoms in total. The molecule has 0 bridgehead atoms. The Morgan fingerprint density at radius 3 is 2.68 bits per heavy atom. The number of unbranched alkanes of at least 4 members (excludes halogenated alkanes) is 1. The Hall–Kier alpha value is -1.00. The van der Waals surface area contributed by atoms with E-state index in [-0.39, 0.29) is 17.8 Å². The number of carbonyl (C=O) groups is 1. The van der Waals surface area contributed by atoms with Gasteiger partial charge in [-0.25, -0.2) is 0 Å². The summed E-state index contributed by atoms with van der Waals surface area (Å²) in [6.45, 7) is 4.58. The molecule has 19 heavy (non-hydrogen) atoms. The number of carbonyl (C=O) groups excluding carboxylic acids is 1. The summed E-state index contributed by atoms with van der Waals surface area (Å²) in [4.78, 5) is 11.9. The Labute approximate surface area is 119 Å². The maximum atomic E-state index is 11.9. The highest BCUT2D eigenvalue weighted by molar-refractivity contribution is 8.00. The van der Waals surface area contributed by atoms with E-state index in [1.54, 1.807) is 11.8 Å². The summed E-state index contributed by atoms with van der Waals surface area (Å²) in [5.74, 6) is 1.09. The highest BCUT2D eigenvalue weighted by Crippen LogP contribution is 2.13. The first kappa shape index (κ1) is 16.1. The fraction of sp³-hybridized carbons (Fsp3) is 0.533. The molecule has 1 rings (SSSR count). The van der Waals surface area contributed by atoms with Gasteiger partial charge in [-0.1, -0.05) is 37.6 Å². The second kappa shape index (κ2) is 8.99. The van der Waals surface area contributed by atoms with Gasteiger partial charge in [-0.3, -0.25) is 4.79 Å². The lowest BCUT2D eigenvalue weighted by Gasteiger charge is -2.13. The van der Waals surface area contributed by atoms with E-state index >= 15 is 0 Å². The molecule has 106 valence electrons. The van der Waals surface area contributed by atoms with Crippen molar-refractivity contribution in [2.75, 3.05) is 5.75 Å². The minimum atomic E-state index is -0.0205. The monoisotopic (exact) mass is 281 g/mol. The zero-order chi connectivity index (χ0) is 14.1. The van der Waals surface area contributed by atoms with Crippen molar-refractivity contribution >= 4 is 17.7 Å². The molecule has 1 aromatic rings. The number of aliphatic hydroxyl groups excluding tert-OH is 1. The second-order valence-corrected chi connectivity index (χ2v) is 5.96. The van der Waals surface area contributed by atoms with Gasteiger partial charge >= 0.3 is 0 Å². The quantitative estimate of drug-likeness (QED) is 0.720. The van der Waals surface area contributed by atoms with E-state index in [4.69, 9.17) is 0 Å². The lowest BCUT2D eigenvalue weighted by Crippen LogP contribution is -2.31. The van der Waals surface area contributed by atoms with Gasteiger partial charge in [-0.05, 0) is 30.2 Å². The summed E-state index contributed by atoms with van der Waals surface area (Å²) >= 11 is 1.69. The molecular formula is C15H23NO2S. The number of nitrogens with one attached hydrogen (secondary N) is 1. The van der Waals surface area contributed by atoms with Crippen LogP contribution in [0.1, 0.15) is 37.8 Å². The van der Waals surface area contributed by atoms with E-state index in [9.17, 15) is 9.90 Å². The smallest absolute Gasteiger partial charge is 0.233 e. The van der Waals surface area contributed by atoms with Crippen molar-refractivity contribution in [3.63, 3.8) is 0 Å². The number of hydrogen-bond donors (Lipinski definition) is 2. The molecule has 1 unspecified atom stereocenters. The van der Waals surface area contributed by atoms with Crippen LogP contribution in [0.2, 0.25) is 0 Å². The normalized spacial score (nSPS) is 12.2. The summed E-state index contributed by atoms with van der Waals surface area (Å²) in [6.07, 6.45) is 2.31. The Morgan fingerprint density at radius 1 is 1.37 bits per heavy atom. The van der Waals surface area contributed by atoms with Crippen LogP contribution in [0.25, 0.3) is 0 Å². The van der Waals surface area contributed by atoms with Crippen LogP contribution < -0.4 is 5.32 Å². The zero-order valence-corrected chi connectivity index (χ0v) is 12.5. The summed E-state index contributed by atoms with van der Waals surface area (Å²) in [5, 5.41) is 12.1. The van der Waals surface area contributed by atoms with Gasteiger partial charge in [0.15, 0.2) is 0 Å².